The van der Waals surface area contributed by atoms with Crippen LogP contribution in [0.5, 0.6) is 0 Å². The van der Waals surface area contributed by atoms with Crippen LogP contribution in [-0.2, 0) is 19.9 Å². The second-order valence-electron chi connectivity index (χ2n) is 6.96. The maximum absolute atomic E-state index is 12.7. The number of nitro benzene ring substituents is 1. The number of sulfone groups is 1. The van der Waals surface area contributed by atoms with Crippen molar-refractivity contribution in [3.05, 3.63) is 70.4 Å². The number of nitro groups is 1. The van der Waals surface area contributed by atoms with Crippen LogP contribution in [0.1, 0.15) is 10.4 Å². The molecular formula is C19H17N5O7S4. The Balaban J connectivity index is 1.67. The Bertz CT molecular complexity index is 1500. The van der Waals surface area contributed by atoms with Crippen molar-refractivity contribution in [2.45, 2.75) is 14.0 Å². The highest BCUT2D eigenvalue weighted by Crippen LogP contribution is 2.29. The number of nitrogens with one attached hydrogen (secondary N) is 2. The molecule has 0 spiro atoms. The monoisotopic (exact) mass is 555 g/mol. The van der Waals surface area contributed by atoms with Gasteiger partial charge in [0.15, 0.2) is 10.2 Å². The average molecular weight is 556 g/mol. The first-order valence-electron chi connectivity index (χ1n) is 9.42. The highest BCUT2D eigenvalue weighted by molar-refractivity contribution is 7.93. The molecular weight excluding hydrogens is 539 g/mol. The van der Waals surface area contributed by atoms with Gasteiger partial charge in [0.2, 0.25) is 19.9 Å². The summed E-state index contributed by atoms with van der Waals surface area (Å²) in [5.74, 6) is -0.619. The van der Waals surface area contributed by atoms with Crippen molar-refractivity contribution in [3.8, 4) is 0 Å². The van der Waals surface area contributed by atoms with Gasteiger partial charge in [-0.2, -0.15) is 0 Å². The molecule has 0 aliphatic heterocycles. The minimum absolute atomic E-state index is 0.0179. The lowest BCUT2D eigenvalue weighted by molar-refractivity contribution is -0.384. The van der Waals surface area contributed by atoms with Crippen molar-refractivity contribution >= 4 is 65.3 Å². The third kappa shape index (κ3) is 5.85. The molecule has 0 bridgehead atoms. The number of thiocarbonyl (C=S) groups is 1. The number of benzene rings is 2. The molecule has 0 saturated heterocycles. The first-order chi connectivity index (χ1) is 16.3. The van der Waals surface area contributed by atoms with Gasteiger partial charge in [-0.25, -0.2) is 26.1 Å². The van der Waals surface area contributed by atoms with Gasteiger partial charge in [0.1, 0.15) is 4.21 Å². The van der Waals surface area contributed by atoms with Crippen molar-refractivity contribution in [2.75, 3.05) is 19.4 Å². The molecule has 0 fully saturated rings. The number of hydrogen-bond acceptors (Lipinski definition) is 10. The van der Waals surface area contributed by atoms with Gasteiger partial charge >= 0.3 is 0 Å². The summed E-state index contributed by atoms with van der Waals surface area (Å²) >= 11 is 5.82. The zero-order valence-corrected chi connectivity index (χ0v) is 21.3. The molecule has 35 heavy (non-hydrogen) atoms. The lowest BCUT2D eigenvalue weighted by Gasteiger charge is -2.12. The van der Waals surface area contributed by atoms with E-state index in [0.717, 1.165) is 46.1 Å². The normalized spacial score (nSPS) is 11.7. The first kappa shape index (κ1) is 26.3. The highest BCUT2D eigenvalue weighted by Gasteiger charge is 2.23. The van der Waals surface area contributed by atoms with Crippen LogP contribution in [0.3, 0.4) is 0 Å². The van der Waals surface area contributed by atoms with Gasteiger partial charge in [0.25, 0.3) is 11.6 Å². The van der Waals surface area contributed by atoms with Crippen LogP contribution in [0.4, 0.5) is 10.8 Å². The van der Waals surface area contributed by atoms with Crippen LogP contribution in [0, 0.1) is 10.1 Å². The third-order valence-electron chi connectivity index (χ3n) is 4.45. The molecule has 3 aromatic rings. The van der Waals surface area contributed by atoms with E-state index in [1.165, 1.54) is 38.4 Å². The molecule has 0 aliphatic rings. The summed E-state index contributed by atoms with van der Waals surface area (Å²) < 4.78 is 50.6. The highest BCUT2D eigenvalue weighted by atomic mass is 32.2. The van der Waals surface area contributed by atoms with Crippen molar-refractivity contribution in [1.82, 2.24) is 14.6 Å². The molecule has 2 aromatic carbocycles. The minimum Gasteiger partial charge on any atom is -0.308 e. The van der Waals surface area contributed by atoms with Gasteiger partial charge in [-0.3, -0.25) is 20.2 Å². The van der Waals surface area contributed by atoms with Crippen LogP contribution in [0.2, 0.25) is 0 Å². The smallest absolute Gasteiger partial charge is 0.269 e. The molecule has 0 radical (unpaired) electrons. The first-order valence-corrected chi connectivity index (χ1v) is 13.6. The predicted molar refractivity (Wildman–Crippen MR) is 132 cm³/mol. The quantitative estimate of drug-likeness (QED) is 0.250. The van der Waals surface area contributed by atoms with Crippen LogP contribution < -0.4 is 10.6 Å². The number of rotatable bonds is 7. The second kappa shape index (κ2) is 10.1. The molecule has 3 rings (SSSR count). The number of nitrogens with zero attached hydrogens (tertiary/aromatic N) is 3. The number of hydrogen-bond donors (Lipinski definition) is 2. The van der Waals surface area contributed by atoms with E-state index in [0.29, 0.717) is 0 Å². The number of carbonyl (C=O) groups excluding carboxylic acids is 1. The van der Waals surface area contributed by atoms with E-state index in [1.54, 1.807) is 0 Å². The van der Waals surface area contributed by atoms with E-state index in [-0.39, 0.29) is 35.5 Å². The number of amides is 1. The van der Waals surface area contributed by atoms with Crippen molar-refractivity contribution in [2.24, 2.45) is 0 Å². The molecule has 12 nitrogen and oxygen atoms in total. The van der Waals surface area contributed by atoms with Gasteiger partial charge in [0.05, 0.1) is 20.9 Å². The Kier molecular flexibility index (Phi) is 7.61. The molecule has 0 saturated carbocycles. The van der Waals surface area contributed by atoms with Crippen LogP contribution >= 0.6 is 23.6 Å². The zero-order chi connectivity index (χ0) is 26.0. The Hall–Kier alpha value is -3.31. The summed E-state index contributed by atoms with van der Waals surface area (Å²) in [5, 5.41) is 15.7. The number of anilines is 1. The Morgan fingerprint density at radius 3 is 2.14 bits per heavy atom. The molecule has 1 heterocycles. The van der Waals surface area contributed by atoms with E-state index in [9.17, 15) is 31.7 Å². The minimum atomic E-state index is -3.97. The van der Waals surface area contributed by atoms with E-state index >= 15 is 0 Å². The standard InChI is InChI=1S/C19H17N5O7S4/c1-23(2)35(30,31)15-7-3-12(4-8-15)17(25)21-18(32)22-19-20-11-16(33-19)34(28,29)14-9-5-13(6-10-14)24(26)27/h3-11H,1-2H3,(H2,20,21,22,25,32). The second-order valence-corrected chi connectivity index (χ2v) is 12.7. The van der Waals surface area contributed by atoms with Gasteiger partial charge < -0.3 is 5.32 Å². The number of sulfonamides is 1. The summed E-state index contributed by atoms with van der Waals surface area (Å²) in [6, 6.07) is 9.65. The predicted octanol–water partition coefficient (Wildman–Crippen LogP) is 2.26. The van der Waals surface area contributed by atoms with Crippen LogP contribution in [-0.4, -0.2) is 56.2 Å². The molecule has 0 aliphatic carbocycles. The summed E-state index contributed by atoms with van der Waals surface area (Å²) in [7, 11) is -4.84. The Morgan fingerprint density at radius 2 is 1.60 bits per heavy atom. The fourth-order valence-corrected chi connectivity index (χ4v) is 6.19. The average Bonchev–Trinajstić information content (AvgIpc) is 3.28. The maximum atomic E-state index is 12.7. The Morgan fingerprint density at radius 1 is 1.03 bits per heavy atom. The SMILES string of the molecule is CN(C)S(=O)(=O)c1ccc(C(=O)NC(=S)Nc2ncc(S(=O)(=O)c3ccc([N+](=O)[O-])cc3)s2)cc1. The maximum Gasteiger partial charge on any atom is 0.269 e. The van der Waals surface area contributed by atoms with Gasteiger partial charge in [-0.1, -0.05) is 11.3 Å². The number of non-ortho nitro benzene ring substituents is 1. The summed E-state index contributed by atoms with van der Waals surface area (Å²) in [5.41, 5.74) is -0.0990. The van der Waals surface area contributed by atoms with Crippen molar-refractivity contribution in [3.63, 3.8) is 0 Å². The number of thiazole rings is 1. The lowest BCUT2D eigenvalue weighted by atomic mass is 10.2. The van der Waals surface area contributed by atoms with E-state index < -0.39 is 30.7 Å². The molecule has 0 atom stereocenters. The van der Waals surface area contributed by atoms with E-state index in [1.807, 2.05) is 0 Å². The van der Waals surface area contributed by atoms with E-state index in [4.69, 9.17) is 12.2 Å². The molecule has 1 amide bonds. The number of aromatic nitrogens is 1. The molecule has 0 unspecified atom stereocenters. The molecule has 16 heteroatoms. The van der Waals surface area contributed by atoms with Crippen LogP contribution in [0.25, 0.3) is 0 Å². The van der Waals surface area contributed by atoms with Gasteiger partial charge in [-0.15, -0.1) is 0 Å². The zero-order valence-electron chi connectivity index (χ0n) is 18.0. The Labute approximate surface area is 209 Å². The summed E-state index contributed by atoms with van der Waals surface area (Å²) in [4.78, 5) is 26.3. The van der Waals surface area contributed by atoms with Gasteiger partial charge in [-0.05, 0) is 48.6 Å². The molecule has 184 valence electrons. The fourth-order valence-electron chi connectivity index (χ4n) is 2.60. The summed E-state index contributed by atoms with van der Waals surface area (Å²) in [6.45, 7) is 0. The third-order valence-corrected chi connectivity index (χ3v) is 9.63. The largest absolute Gasteiger partial charge is 0.308 e. The molecule has 2 N–H and O–H groups in total. The van der Waals surface area contributed by atoms with Gasteiger partial charge in [0, 0.05) is 31.8 Å². The van der Waals surface area contributed by atoms with Crippen molar-refractivity contribution < 1.29 is 26.6 Å². The molecule has 1 aromatic heterocycles. The summed E-state index contributed by atoms with van der Waals surface area (Å²) in [6.07, 6.45) is 1.10. The van der Waals surface area contributed by atoms with Crippen LogP contribution in [0.15, 0.2) is 68.7 Å². The lowest BCUT2D eigenvalue weighted by Crippen LogP contribution is -2.34. The van der Waals surface area contributed by atoms with Crippen molar-refractivity contribution in [1.29, 1.82) is 0 Å². The van der Waals surface area contributed by atoms with E-state index in [2.05, 4.69) is 15.6 Å². The number of carbonyl (C=O) groups is 1. The fraction of sp³-hybridized carbons (Fsp3) is 0.105. The topological polar surface area (TPSA) is 169 Å².